The van der Waals surface area contributed by atoms with Crippen LogP contribution in [0.1, 0.15) is 18.9 Å². The molecule has 90 valence electrons. The van der Waals surface area contributed by atoms with Gasteiger partial charge in [-0.15, -0.1) is 0 Å². The van der Waals surface area contributed by atoms with Crippen LogP contribution in [0.3, 0.4) is 0 Å². The van der Waals surface area contributed by atoms with Crippen LogP contribution in [0, 0.1) is 0 Å². The lowest BCUT2D eigenvalue weighted by Crippen LogP contribution is -2.11. The number of ether oxygens (including phenoxy) is 1. The Bertz CT molecular complexity index is 318. The molecule has 4 heteroatoms. The van der Waals surface area contributed by atoms with Gasteiger partial charge in [0.25, 0.3) is 0 Å². The summed E-state index contributed by atoms with van der Waals surface area (Å²) in [5, 5.41) is 11.9. The van der Waals surface area contributed by atoms with Crippen LogP contribution in [0.25, 0.3) is 0 Å². The fourth-order valence-corrected chi connectivity index (χ4v) is 1.83. The number of aliphatic hydroxyl groups is 1. The van der Waals surface area contributed by atoms with E-state index < -0.39 is 0 Å². The first-order valence-corrected chi connectivity index (χ1v) is 6.30. The number of aliphatic hydroxyl groups excluding tert-OH is 1. The Labute approximate surface area is 105 Å². The fraction of sp³-hybridized carbons (Fsp3) is 0.500. The molecular weight excluding hydrogens is 270 g/mol. The van der Waals surface area contributed by atoms with Crippen LogP contribution < -0.4 is 10.1 Å². The lowest BCUT2D eigenvalue weighted by atomic mass is 10.2. The molecule has 0 saturated carbocycles. The van der Waals surface area contributed by atoms with Crippen LogP contribution in [0.2, 0.25) is 0 Å². The third-order valence-corrected chi connectivity index (χ3v) is 2.76. The molecule has 0 aliphatic heterocycles. The predicted molar refractivity (Wildman–Crippen MR) is 68.7 cm³/mol. The molecule has 0 bridgehead atoms. The van der Waals surface area contributed by atoms with E-state index in [2.05, 4.69) is 34.2 Å². The molecule has 0 saturated heterocycles. The van der Waals surface area contributed by atoms with Crippen molar-refractivity contribution in [1.82, 2.24) is 5.32 Å². The van der Waals surface area contributed by atoms with Gasteiger partial charge in [0.2, 0.25) is 0 Å². The van der Waals surface area contributed by atoms with Crippen molar-refractivity contribution < 1.29 is 9.84 Å². The predicted octanol–water partition coefficient (Wildman–Crippen LogP) is 2.32. The van der Waals surface area contributed by atoms with Gasteiger partial charge in [0.1, 0.15) is 5.75 Å². The molecule has 0 aromatic heterocycles. The number of rotatable bonds is 7. The Morgan fingerprint density at radius 2 is 2.25 bits per heavy atom. The molecule has 0 heterocycles. The maximum Gasteiger partial charge on any atom is 0.133 e. The van der Waals surface area contributed by atoms with Crippen LogP contribution >= 0.6 is 15.9 Å². The van der Waals surface area contributed by atoms with Crippen LogP contribution in [0.5, 0.6) is 5.75 Å². The van der Waals surface area contributed by atoms with E-state index in [1.54, 1.807) is 0 Å². The summed E-state index contributed by atoms with van der Waals surface area (Å²) in [6, 6.07) is 6.05. The second-order valence-corrected chi connectivity index (χ2v) is 4.33. The van der Waals surface area contributed by atoms with Gasteiger partial charge in [-0.25, -0.2) is 0 Å². The molecule has 0 aliphatic carbocycles. The van der Waals surface area contributed by atoms with Gasteiger partial charge in [-0.3, -0.25) is 0 Å². The first-order valence-electron chi connectivity index (χ1n) is 5.50. The summed E-state index contributed by atoms with van der Waals surface area (Å²) in [6.45, 7) is 4.62. The molecule has 0 spiro atoms. The highest BCUT2D eigenvalue weighted by Gasteiger charge is 2.02. The summed E-state index contributed by atoms with van der Waals surface area (Å²) in [7, 11) is 0. The summed E-state index contributed by atoms with van der Waals surface area (Å²) in [6.07, 6.45) is 0.658. The molecule has 0 amide bonds. The van der Waals surface area contributed by atoms with E-state index in [4.69, 9.17) is 9.84 Å². The van der Waals surface area contributed by atoms with E-state index in [0.717, 1.165) is 23.3 Å². The van der Waals surface area contributed by atoms with E-state index in [9.17, 15) is 0 Å². The van der Waals surface area contributed by atoms with Crippen molar-refractivity contribution >= 4 is 15.9 Å². The SMILES string of the molecule is CCNCc1ccc(OCCCO)c(Br)c1. The summed E-state index contributed by atoms with van der Waals surface area (Å²) >= 11 is 3.48. The summed E-state index contributed by atoms with van der Waals surface area (Å²) in [4.78, 5) is 0. The Morgan fingerprint density at radius 1 is 1.44 bits per heavy atom. The molecule has 1 aromatic carbocycles. The van der Waals surface area contributed by atoms with Gasteiger partial charge in [0, 0.05) is 19.6 Å². The number of halogens is 1. The van der Waals surface area contributed by atoms with Crippen LogP contribution in [0.4, 0.5) is 0 Å². The molecule has 0 aliphatic rings. The van der Waals surface area contributed by atoms with Gasteiger partial charge in [-0.1, -0.05) is 13.0 Å². The van der Waals surface area contributed by atoms with Gasteiger partial charge in [-0.05, 0) is 40.2 Å². The number of benzene rings is 1. The van der Waals surface area contributed by atoms with Gasteiger partial charge in [0.05, 0.1) is 11.1 Å². The average molecular weight is 288 g/mol. The Balaban J connectivity index is 2.53. The van der Waals surface area contributed by atoms with Crippen molar-refractivity contribution in [2.75, 3.05) is 19.8 Å². The van der Waals surface area contributed by atoms with Crippen LogP contribution in [0.15, 0.2) is 22.7 Å². The lowest BCUT2D eigenvalue weighted by Gasteiger charge is -2.09. The van der Waals surface area contributed by atoms with Crippen molar-refractivity contribution in [3.63, 3.8) is 0 Å². The minimum Gasteiger partial charge on any atom is -0.492 e. The Kier molecular flexibility index (Phi) is 6.45. The molecule has 0 radical (unpaired) electrons. The lowest BCUT2D eigenvalue weighted by molar-refractivity contribution is 0.233. The topological polar surface area (TPSA) is 41.5 Å². The molecule has 1 rings (SSSR count). The molecule has 16 heavy (non-hydrogen) atoms. The maximum atomic E-state index is 8.65. The second kappa shape index (κ2) is 7.65. The van der Waals surface area contributed by atoms with E-state index in [0.29, 0.717) is 13.0 Å². The highest BCUT2D eigenvalue weighted by Crippen LogP contribution is 2.26. The van der Waals surface area contributed by atoms with Crippen molar-refractivity contribution in [3.05, 3.63) is 28.2 Å². The summed E-state index contributed by atoms with van der Waals surface area (Å²) < 4.78 is 6.47. The standard InChI is InChI=1S/C12H18BrNO2/c1-2-14-9-10-4-5-12(11(13)8-10)16-7-3-6-15/h4-5,8,14-15H,2-3,6-7,9H2,1H3. The molecule has 1 aromatic rings. The number of hydrogen-bond acceptors (Lipinski definition) is 3. The molecule has 2 N–H and O–H groups in total. The number of hydrogen-bond donors (Lipinski definition) is 2. The fourth-order valence-electron chi connectivity index (χ4n) is 1.29. The van der Waals surface area contributed by atoms with E-state index in [-0.39, 0.29) is 6.61 Å². The van der Waals surface area contributed by atoms with E-state index in [1.165, 1.54) is 5.56 Å². The molecule has 0 unspecified atom stereocenters. The van der Waals surface area contributed by atoms with Crippen molar-refractivity contribution in [3.8, 4) is 5.75 Å². The van der Waals surface area contributed by atoms with Gasteiger partial charge in [-0.2, -0.15) is 0 Å². The Morgan fingerprint density at radius 3 is 2.88 bits per heavy atom. The average Bonchev–Trinajstić information content (AvgIpc) is 2.29. The van der Waals surface area contributed by atoms with Crippen molar-refractivity contribution in [2.45, 2.75) is 19.9 Å². The quantitative estimate of drug-likeness (QED) is 0.757. The normalized spacial score (nSPS) is 10.4. The van der Waals surface area contributed by atoms with Crippen LogP contribution in [-0.2, 0) is 6.54 Å². The minimum atomic E-state index is 0.163. The molecular formula is C12H18BrNO2. The van der Waals surface area contributed by atoms with Gasteiger partial charge >= 0.3 is 0 Å². The van der Waals surface area contributed by atoms with Crippen molar-refractivity contribution in [2.24, 2.45) is 0 Å². The second-order valence-electron chi connectivity index (χ2n) is 3.47. The zero-order chi connectivity index (χ0) is 11.8. The molecule has 0 atom stereocenters. The largest absolute Gasteiger partial charge is 0.492 e. The maximum absolute atomic E-state index is 8.65. The van der Waals surface area contributed by atoms with Crippen molar-refractivity contribution in [1.29, 1.82) is 0 Å². The van der Waals surface area contributed by atoms with Gasteiger partial charge in [0.15, 0.2) is 0 Å². The third kappa shape index (κ3) is 4.51. The summed E-state index contributed by atoms with van der Waals surface area (Å²) in [5.74, 6) is 0.827. The first-order chi connectivity index (χ1) is 7.77. The van der Waals surface area contributed by atoms with Gasteiger partial charge < -0.3 is 15.2 Å². The van der Waals surface area contributed by atoms with Crippen LogP contribution in [-0.4, -0.2) is 24.9 Å². The minimum absolute atomic E-state index is 0.163. The Hall–Kier alpha value is -0.580. The van der Waals surface area contributed by atoms with E-state index in [1.807, 2.05) is 12.1 Å². The zero-order valence-corrected chi connectivity index (χ0v) is 11.1. The highest BCUT2D eigenvalue weighted by atomic mass is 79.9. The first kappa shape index (κ1) is 13.5. The summed E-state index contributed by atoms with van der Waals surface area (Å²) in [5.41, 5.74) is 1.23. The number of nitrogens with one attached hydrogen (secondary N) is 1. The molecule has 0 fully saturated rings. The zero-order valence-electron chi connectivity index (χ0n) is 9.50. The molecule has 3 nitrogen and oxygen atoms in total. The van der Waals surface area contributed by atoms with E-state index >= 15 is 0 Å². The monoisotopic (exact) mass is 287 g/mol. The highest BCUT2D eigenvalue weighted by molar-refractivity contribution is 9.10. The smallest absolute Gasteiger partial charge is 0.133 e. The third-order valence-electron chi connectivity index (χ3n) is 2.14.